The topological polar surface area (TPSA) is 50.4 Å². The van der Waals surface area contributed by atoms with E-state index in [0.717, 1.165) is 28.3 Å². The minimum Gasteiger partial charge on any atom is -0.467 e. The van der Waals surface area contributed by atoms with Crippen LogP contribution >= 0.6 is 0 Å². The molecule has 3 heterocycles. The Labute approximate surface area is 175 Å². The molecule has 150 valence electrons. The van der Waals surface area contributed by atoms with Crippen LogP contribution < -0.4 is 5.32 Å². The minimum atomic E-state index is -0.204. The van der Waals surface area contributed by atoms with Crippen LogP contribution in [0.1, 0.15) is 34.2 Å². The molecule has 1 aliphatic heterocycles. The third-order valence-corrected chi connectivity index (χ3v) is 5.61. The zero-order valence-electron chi connectivity index (χ0n) is 16.8. The number of carbonyl (C=O) groups excluding carboxylic acids is 1. The monoisotopic (exact) mass is 397 g/mol. The second-order valence-corrected chi connectivity index (χ2v) is 7.61. The molecule has 30 heavy (non-hydrogen) atoms. The highest BCUT2D eigenvalue weighted by Gasteiger charge is 2.32. The fourth-order valence-corrected chi connectivity index (χ4v) is 4.12. The standard InChI is InChI=1S/C25H23N3O2/c1-18-10-12-19(13-11-18)24-23-9-4-14-27(23)22-8-3-2-6-20(22)17-28(24)25(29)26-16-21-7-5-15-30-21/h2-15,24H,16-17H2,1H3,(H,26,29)/t24-/m0/s1. The van der Waals surface area contributed by atoms with E-state index in [2.05, 4.69) is 65.5 Å². The van der Waals surface area contributed by atoms with Crippen molar-refractivity contribution in [2.45, 2.75) is 26.1 Å². The van der Waals surface area contributed by atoms with Crippen molar-refractivity contribution in [1.82, 2.24) is 14.8 Å². The third kappa shape index (κ3) is 3.28. The molecule has 5 nitrogen and oxygen atoms in total. The number of aryl methyl sites for hydroxylation is 1. The molecule has 1 atom stereocenters. The number of rotatable bonds is 3. The first-order valence-corrected chi connectivity index (χ1v) is 10.1. The van der Waals surface area contributed by atoms with Gasteiger partial charge in [-0.3, -0.25) is 0 Å². The van der Waals surface area contributed by atoms with Gasteiger partial charge in [0.25, 0.3) is 0 Å². The van der Waals surface area contributed by atoms with Crippen molar-refractivity contribution < 1.29 is 9.21 Å². The van der Waals surface area contributed by atoms with Crippen molar-refractivity contribution in [2.24, 2.45) is 0 Å². The molecule has 2 aromatic heterocycles. The Balaban J connectivity index is 1.58. The van der Waals surface area contributed by atoms with Crippen LogP contribution in [0.5, 0.6) is 0 Å². The number of furan rings is 1. The summed E-state index contributed by atoms with van der Waals surface area (Å²) in [5.41, 5.74) is 5.56. The summed E-state index contributed by atoms with van der Waals surface area (Å²) in [7, 11) is 0. The second kappa shape index (κ2) is 7.59. The van der Waals surface area contributed by atoms with Gasteiger partial charge >= 0.3 is 6.03 Å². The molecule has 4 aromatic rings. The van der Waals surface area contributed by atoms with Gasteiger partial charge in [0, 0.05) is 11.9 Å². The summed E-state index contributed by atoms with van der Waals surface area (Å²) < 4.78 is 7.58. The van der Waals surface area contributed by atoms with Gasteiger partial charge in [-0.05, 0) is 48.4 Å². The Morgan fingerprint density at radius 2 is 1.87 bits per heavy atom. The van der Waals surface area contributed by atoms with Crippen molar-refractivity contribution in [2.75, 3.05) is 0 Å². The third-order valence-electron chi connectivity index (χ3n) is 5.61. The Bertz CT molecular complexity index is 1160. The van der Waals surface area contributed by atoms with Gasteiger partial charge in [-0.1, -0.05) is 48.0 Å². The van der Waals surface area contributed by atoms with E-state index in [4.69, 9.17) is 4.42 Å². The highest BCUT2D eigenvalue weighted by atomic mass is 16.3. The summed E-state index contributed by atoms with van der Waals surface area (Å²) in [5.74, 6) is 0.730. The van der Waals surface area contributed by atoms with E-state index >= 15 is 0 Å². The number of fused-ring (bicyclic) bond motifs is 3. The molecule has 0 aliphatic carbocycles. The number of aromatic nitrogens is 1. The van der Waals surface area contributed by atoms with Crippen LogP contribution in [-0.2, 0) is 13.1 Å². The van der Waals surface area contributed by atoms with E-state index in [1.165, 1.54) is 5.56 Å². The molecule has 1 aliphatic rings. The summed E-state index contributed by atoms with van der Waals surface area (Å²) in [6.45, 7) is 2.94. The van der Waals surface area contributed by atoms with Crippen LogP contribution in [-0.4, -0.2) is 15.5 Å². The summed E-state index contributed by atoms with van der Waals surface area (Å²) >= 11 is 0. The van der Waals surface area contributed by atoms with Gasteiger partial charge in [0.05, 0.1) is 31.1 Å². The van der Waals surface area contributed by atoms with Gasteiger partial charge in [-0.25, -0.2) is 4.79 Å². The fraction of sp³-hybridized carbons (Fsp3) is 0.160. The molecule has 0 spiro atoms. The van der Waals surface area contributed by atoms with Crippen LogP contribution in [0.25, 0.3) is 5.69 Å². The predicted octanol–water partition coefficient (Wildman–Crippen LogP) is 5.19. The number of carbonyl (C=O) groups is 1. The van der Waals surface area contributed by atoms with E-state index in [1.807, 2.05) is 35.2 Å². The quantitative estimate of drug-likeness (QED) is 0.517. The molecule has 5 heteroatoms. The number of amides is 2. The molecule has 0 saturated carbocycles. The second-order valence-electron chi connectivity index (χ2n) is 7.61. The lowest BCUT2D eigenvalue weighted by molar-refractivity contribution is 0.179. The molecule has 5 rings (SSSR count). The minimum absolute atomic E-state index is 0.124. The lowest BCUT2D eigenvalue weighted by Gasteiger charge is -2.31. The lowest BCUT2D eigenvalue weighted by atomic mass is 10.0. The maximum absolute atomic E-state index is 13.4. The smallest absolute Gasteiger partial charge is 0.318 e. The molecule has 0 radical (unpaired) electrons. The van der Waals surface area contributed by atoms with Crippen molar-refractivity contribution in [3.63, 3.8) is 0 Å². The van der Waals surface area contributed by atoms with Crippen molar-refractivity contribution in [3.05, 3.63) is 113 Å². The number of benzene rings is 2. The molecular formula is C25H23N3O2. The van der Waals surface area contributed by atoms with E-state index in [-0.39, 0.29) is 12.1 Å². The normalized spacial score (nSPS) is 15.2. The maximum Gasteiger partial charge on any atom is 0.318 e. The van der Waals surface area contributed by atoms with Crippen LogP contribution in [0.2, 0.25) is 0 Å². The molecule has 1 N–H and O–H groups in total. The van der Waals surface area contributed by atoms with Gasteiger partial charge in [0.15, 0.2) is 0 Å². The molecule has 0 fully saturated rings. The van der Waals surface area contributed by atoms with Crippen LogP contribution in [0.3, 0.4) is 0 Å². The van der Waals surface area contributed by atoms with Crippen LogP contribution in [0.4, 0.5) is 4.79 Å². The summed E-state index contributed by atoms with van der Waals surface area (Å²) in [6, 6.07) is 24.2. The Kier molecular flexibility index (Phi) is 4.64. The van der Waals surface area contributed by atoms with Crippen LogP contribution in [0.15, 0.2) is 89.7 Å². The maximum atomic E-state index is 13.4. The highest BCUT2D eigenvalue weighted by Crippen LogP contribution is 2.36. The largest absolute Gasteiger partial charge is 0.467 e. The molecule has 2 amide bonds. The first-order chi connectivity index (χ1) is 14.7. The Hall–Kier alpha value is -3.73. The van der Waals surface area contributed by atoms with Gasteiger partial charge in [0.1, 0.15) is 5.76 Å². The number of hydrogen-bond acceptors (Lipinski definition) is 2. The van der Waals surface area contributed by atoms with Gasteiger partial charge < -0.3 is 19.2 Å². The highest BCUT2D eigenvalue weighted by molar-refractivity contribution is 5.76. The SMILES string of the molecule is Cc1ccc([C@H]2c3cccn3-c3ccccc3CN2C(=O)NCc2ccco2)cc1. The van der Waals surface area contributed by atoms with Crippen LogP contribution in [0, 0.1) is 6.92 Å². The number of hydrogen-bond donors (Lipinski definition) is 1. The van der Waals surface area contributed by atoms with Gasteiger partial charge in [0.2, 0.25) is 0 Å². The molecule has 0 saturated heterocycles. The number of nitrogens with one attached hydrogen (secondary N) is 1. The number of nitrogens with zero attached hydrogens (tertiary/aromatic N) is 2. The fourth-order valence-electron chi connectivity index (χ4n) is 4.12. The number of para-hydroxylation sites is 1. The van der Waals surface area contributed by atoms with Crippen molar-refractivity contribution in [3.8, 4) is 5.69 Å². The van der Waals surface area contributed by atoms with E-state index in [1.54, 1.807) is 6.26 Å². The summed E-state index contributed by atoms with van der Waals surface area (Å²) in [6.07, 6.45) is 3.69. The van der Waals surface area contributed by atoms with Gasteiger partial charge in [-0.15, -0.1) is 0 Å². The average molecular weight is 397 g/mol. The first-order valence-electron chi connectivity index (χ1n) is 10.1. The van der Waals surface area contributed by atoms with E-state index < -0.39 is 0 Å². The molecule has 2 aromatic carbocycles. The number of urea groups is 1. The average Bonchev–Trinajstić information content (AvgIpc) is 3.43. The molecule has 0 bridgehead atoms. The van der Waals surface area contributed by atoms with Crippen molar-refractivity contribution >= 4 is 6.03 Å². The zero-order valence-corrected chi connectivity index (χ0v) is 16.8. The predicted molar refractivity (Wildman–Crippen MR) is 115 cm³/mol. The Morgan fingerprint density at radius 3 is 2.67 bits per heavy atom. The zero-order chi connectivity index (χ0) is 20.5. The molecular weight excluding hydrogens is 374 g/mol. The van der Waals surface area contributed by atoms with E-state index in [9.17, 15) is 4.79 Å². The summed E-state index contributed by atoms with van der Waals surface area (Å²) in [4.78, 5) is 15.3. The van der Waals surface area contributed by atoms with E-state index in [0.29, 0.717) is 13.1 Å². The Morgan fingerprint density at radius 1 is 1.03 bits per heavy atom. The molecule has 0 unspecified atom stereocenters. The van der Waals surface area contributed by atoms with Crippen molar-refractivity contribution in [1.29, 1.82) is 0 Å². The summed E-state index contributed by atoms with van der Waals surface area (Å²) in [5, 5.41) is 3.03. The lowest BCUT2D eigenvalue weighted by Crippen LogP contribution is -2.41. The first kappa shape index (κ1) is 18.3. The van der Waals surface area contributed by atoms with Gasteiger partial charge in [-0.2, -0.15) is 0 Å².